The van der Waals surface area contributed by atoms with Crippen LogP contribution in [0, 0.1) is 16.0 Å². The Labute approximate surface area is 112 Å². The topological polar surface area (TPSA) is 78.6 Å². The van der Waals surface area contributed by atoms with E-state index in [1.807, 2.05) is 11.9 Å². The summed E-state index contributed by atoms with van der Waals surface area (Å²) < 4.78 is 0. The predicted octanol–water partition coefficient (Wildman–Crippen LogP) is 1.84. The highest BCUT2D eigenvalue weighted by Gasteiger charge is 2.30. The number of nitro benzene ring substituents is 1. The number of nitro groups is 1. The second kappa shape index (κ2) is 5.44. The number of anilines is 2. The van der Waals surface area contributed by atoms with Crippen LogP contribution in [-0.2, 0) is 0 Å². The van der Waals surface area contributed by atoms with Gasteiger partial charge in [0.15, 0.2) is 0 Å². The first-order chi connectivity index (χ1) is 9.02. The molecule has 0 unspecified atom stereocenters. The van der Waals surface area contributed by atoms with Crippen molar-refractivity contribution in [3.05, 3.63) is 28.3 Å². The summed E-state index contributed by atoms with van der Waals surface area (Å²) in [5, 5.41) is 23.4. The number of hydrogen-bond donors (Lipinski definition) is 2. The number of hydrogen-bond acceptors (Lipinski definition) is 5. The molecule has 1 aliphatic rings. The van der Waals surface area contributed by atoms with E-state index >= 15 is 0 Å². The minimum atomic E-state index is -0.354. The van der Waals surface area contributed by atoms with Crippen molar-refractivity contribution < 1.29 is 10.0 Å². The summed E-state index contributed by atoms with van der Waals surface area (Å²) in [4.78, 5) is 12.8. The van der Waals surface area contributed by atoms with Gasteiger partial charge in [0.05, 0.1) is 11.0 Å². The van der Waals surface area contributed by atoms with Gasteiger partial charge in [0.2, 0.25) is 0 Å². The average molecular weight is 265 g/mol. The highest BCUT2D eigenvalue weighted by Crippen LogP contribution is 2.36. The Morgan fingerprint density at radius 2 is 2.21 bits per heavy atom. The molecule has 0 heterocycles. The first-order valence-electron chi connectivity index (χ1n) is 6.37. The Morgan fingerprint density at radius 1 is 1.53 bits per heavy atom. The smallest absolute Gasteiger partial charge is 0.315 e. The van der Waals surface area contributed by atoms with Crippen molar-refractivity contribution in [1.29, 1.82) is 0 Å². The van der Waals surface area contributed by atoms with Gasteiger partial charge < -0.3 is 15.3 Å². The van der Waals surface area contributed by atoms with Gasteiger partial charge in [-0.25, -0.2) is 0 Å². The summed E-state index contributed by atoms with van der Waals surface area (Å²) in [6.45, 7) is 0.727. The van der Waals surface area contributed by atoms with Crippen LogP contribution in [0.5, 0.6) is 0 Å². The van der Waals surface area contributed by atoms with E-state index < -0.39 is 0 Å². The monoisotopic (exact) mass is 265 g/mol. The minimum absolute atomic E-state index is 0.104. The zero-order valence-corrected chi connectivity index (χ0v) is 11.2. The van der Waals surface area contributed by atoms with E-state index in [1.165, 1.54) is 0 Å². The fraction of sp³-hybridized carbons (Fsp3) is 0.538. The Kier molecular flexibility index (Phi) is 3.90. The summed E-state index contributed by atoms with van der Waals surface area (Å²) in [6.07, 6.45) is 1.37. The lowest BCUT2D eigenvalue weighted by Gasteiger charge is -2.35. The largest absolute Gasteiger partial charge is 0.393 e. The minimum Gasteiger partial charge on any atom is -0.393 e. The molecule has 19 heavy (non-hydrogen) atoms. The standard InChI is InChI=1S/C13H19N3O3/c1-14-11-4-3-5-12(13(11)16(18)19)15(2)8-9-6-10(17)7-9/h3-5,9-10,14,17H,6-8H2,1-2H3. The van der Waals surface area contributed by atoms with Crippen LogP contribution < -0.4 is 10.2 Å². The van der Waals surface area contributed by atoms with E-state index in [0.717, 1.165) is 19.4 Å². The summed E-state index contributed by atoms with van der Waals surface area (Å²) in [5.41, 5.74) is 1.23. The maximum absolute atomic E-state index is 11.2. The van der Waals surface area contributed by atoms with Gasteiger partial charge in [-0.2, -0.15) is 0 Å². The SMILES string of the molecule is CNc1cccc(N(C)CC2CC(O)C2)c1[N+](=O)[O-]. The lowest BCUT2D eigenvalue weighted by atomic mass is 9.82. The fourth-order valence-corrected chi connectivity index (χ4v) is 2.57. The molecule has 1 aromatic rings. The van der Waals surface area contributed by atoms with Crippen molar-refractivity contribution in [3.63, 3.8) is 0 Å². The van der Waals surface area contributed by atoms with Crippen LogP contribution in [-0.4, -0.2) is 36.8 Å². The summed E-state index contributed by atoms with van der Waals surface area (Å²) >= 11 is 0. The molecule has 0 amide bonds. The number of nitrogens with zero attached hydrogens (tertiary/aromatic N) is 2. The number of para-hydroxylation sites is 1. The number of benzene rings is 1. The fourth-order valence-electron chi connectivity index (χ4n) is 2.57. The second-order valence-electron chi connectivity index (χ2n) is 5.05. The van der Waals surface area contributed by atoms with Crippen LogP contribution >= 0.6 is 0 Å². The molecule has 6 nitrogen and oxygen atoms in total. The van der Waals surface area contributed by atoms with Crippen LogP contribution in [0.25, 0.3) is 0 Å². The maximum atomic E-state index is 11.2. The second-order valence-corrected chi connectivity index (χ2v) is 5.05. The van der Waals surface area contributed by atoms with Crippen molar-refractivity contribution in [1.82, 2.24) is 0 Å². The molecular formula is C13H19N3O3. The van der Waals surface area contributed by atoms with Gasteiger partial charge in [-0.15, -0.1) is 0 Å². The van der Waals surface area contributed by atoms with Crippen LogP contribution in [0.4, 0.5) is 17.1 Å². The molecule has 6 heteroatoms. The predicted molar refractivity (Wildman–Crippen MR) is 74.6 cm³/mol. The molecule has 0 bridgehead atoms. The molecule has 0 spiro atoms. The highest BCUT2D eigenvalue weighted by atomic mass is 16.6. The van der Waals surface area contributed by atoms with E-state index in [2.05, 4.69) is 5.32 Å². The molecule has 0 radical (unpaired) electrons. The molecule has 0 atom stereocenters. The Morgan fingerprint density at radius 3 is 2.74 bits per heavy atom. The van der Waals surface area contributed by atoms with E-state index in [4.69, 9.17) is 0 Å². The first-order valence-corrected chi connectivity index (χ1v) is 6.37. The summed E-state index contributed by atoms with van der Waals surface area (Å²) in [5.74, 6) is 0.415. The summed E-state index contributed by atoms with van der Waals surface area (Å²) in [6, 6.07) is 5.26. The molecule has 104 valence electrons. The Balaban J connectivity index is 2.20. The quantitative estimate of drug-likeness (QED) is 0.627. The third-order valence-electron chi connectivity index (χ3n) is 3.62. The van der Waals surface area contributed by atoms with Crippen molar-refractivity contribution in [2.75, 3.05) is 30.9 Å². The molecule has 1 fully saturated rings. The molecule has 2 N–H and O–H groups in total. The molecule has 1 aliphatic carbocycles. The van der Waals surface area contributed by atoms with Gasteiger partial charge in [-0.3, -0.25) is 10.1 Å². The molecule has 0 aliphatic heterocycles. The molecular weight excluding hydrogens is 246 g/mol. The number of aliphatic hydroxyl groups is 1. The highest BCUT2D eigenvalue weighted by molar-refractivity contribution is 5.76. The zero-order chi connectivity index (χ0) is 14.0. The third kappa shape index (κ3) is 2.78. The van der Waals surface area contributed by atoms with Crippen molar-refractivity contribution in [2.45, 2.75) is 18.9 Å². The first kappa shape index (κ1) is 13.6. The van der Waals surface area contributed by atoms with Gasteiger partial charge in [-0.05, 0) is 30.9 Å². The Bertz CT molecular complexity index is 472. The van der Waals surface area contributed by atoms with Crippen LogP contribution in [0.3, 0.4) is 0 Å². The van der Waals surface area contributed by atoms with Gasteiger partial charge in [0, 0.05) is 20.6 Å². The van der Waals surface area contributed by atoms with Crippen molar-refractivity contribution >= 4 is 17.1 Å². The lowest BCUT2D eigenvalue weighted by molar-refractivity contribution is -0.383. The normalized spacial score (nSPS) is 21.6. The van der Waals surface area contributed by atoms with Crippen LogP contribution in [0.2, 0.25) is 0 Å². The van der Waals surface area contributed by atoms with E-state index in [9.17, 15) is 15.2 Å². The van der Waals surface area contributed by atoms with Crippen molar-refractivity contribution in [3.8, 4) is 0 Å². The van der Waals surface area contributed by atoms with Gasteiger partial charge >= 0.3 is 5.69 Å². The number of rotatable bonds is 5. The lowest BCUT2D eigenvalue weighted by Crippen LogP contribution is -2.37. The molecule has 0 aromatic heterocycles. The Hall–Kier alpha value is -1.82. The molecule has 0 saturated heterocycles. The van der Waals surface area contributed by atoms with Crippen molar-refractivity contribution in [2.24, 2.45) is 5.92 Å². The molecule has 2 rings (SSSR count). The third-order valence-corrected chi connectivity index (χ3v) is 3.62. The zero-order valence-electron chi connectivity index (χ0n) is 11.2. The van der Waals surface area contributed by atoms with Gasteiger partial charge in [0.1, 0.15) is 11.4 Å². The number of nitrogens with one attached hydrogen (secondary N) is 1. The van der Waals surface area contributed by atoms with Gasteiger partial charge in [-0.1, -0.05) is 6.07 Å². The van der Waals surface area contributed by atoms with Crippen LogP contribution in [0.1, 0.15) is 12.8 Å². The number of aliphatic hydroxyl groups excluding tert-OH is 1. The van der Waals surface area contributed by atoms with E-state index in [0.29, 0.717) is 17.3 Å². The molecule has 1 saturated carbocycles. The maximum Gasteiger partial charge on any atom is 0.315 e. The van der Waals surface area contributed by atoms with Gasteiger partial charge in [0.25, 0.3) is 0 Å². The van der Waals surface area contributed by atoms with E-state index in [-0.39, 0.29) is 16.7 Å². The molecule has 1 aromatic carbocycles. The average Bonchev–Trinajstić information content (AvgIpc) is 2.35. The van der Waals surface area contributed by atoms with E-state index in [1.54, 1.807) is 25.2 Å². The summed E-state index contributed by atoms with van der Waals surface area (Å²) in [7, 11) is 3.53. The van der Waals surface area contributed by atoms with Crippen LogP contribution in [0.15, 0.2) is 18.2 Å².